The molecule has 0 aromatic carbocycles. The van der Waals surface area contributed by atoms with Gasteiger partial charge in [0.15, 0.2) is 11.5 Å². The Hall–Kier alpha value is -1.31. The molecule has 0 saturated heterocycles. The fourth-order valence-electron chi connectivity index (χ4n) is 1.80. The normalized spacial score (nSPS) is 13.6. The van der Waals surface area contributed by atoms with Gasteiger partial charge in [0, 0.05) is 0 Å². The molecule has 0 spiro atoms. The Labute approximate surface area is 121 Å². The molecule has 1 aliphatic heterocycles. The molecule has 0 atom stereocenters. The van der Waals surface area contributed by atoms with E-state index in [1.165, 1.54) is 11.3 Å². The predicted molar refractivity (Wildman–Crippen MR) is 73.1 cm³/mol. The summed E-state index contributed by atoms with van der Waals surface area (Å²) in [5, 5.41) is 9.90. The van der Waals surface area contributed by atoms with Crippen LogP contribution in [0.5, 0.6) is 11.5 Å². The van der Waals surface area contributed by atoms with Crippen LogP contribution in [-0.2, 0) is 0 Å². The molecular weight excluding hydrogens is 310 g/mol. The third kappa shape index (κ3) is 2.07. The third-order valence-corrected chi connectivity index (χ3v) is 4.81. The van der Waals surface area contributed by atoms with Crippen molar-refractivity contribution in [2.24, 2.45) is 0 Å². The van der Waals surface area contributed by atoms with E-state index in [1.54, 1.807) is 6.92 Å². The molecule has 2 aromatic rings. The van der Waals surface area contributed by atoms with Crippen LogP contribution in [0.2, 0.25) is 4.34 Å². The van der Waals surface area contributed by atoms with E-state index in [0.717, 1.165) is 11.3 Å². The summed E-state index contributed by atoms with van der Waals surface area (Å²) >= 11 is 8.45. The lowest BCUT2D eigenvalue weighted by atomic mass is 10.2. The van der Waals surface area contributed by atoms with Crippen molar-refractivity contribution in [2.45, 2.75) is 6.92 Å². The van der Waals surface area contributed by atoms with Crippen LogP contribution in [0, 0.1) is 6.92 Å². The molecule has 8 heteroatoms. The van der Waals surface area contributed by atoms with Crippen LogP contribution < -0.4 is 9.47 Å². The minimum absolute atomic E-state index is 0.187. The summed E-state index contributed by atoms with van der Waals surface area (Å²) in [6.45, 7) is 2.61. The van der Waals surface area contributed by atoms with E-state index < -0.39 is 5.97 Å². The standard InChI is InChI=1S/C11H8ClNO4S2/c1-4-13-5(9(18-4)11(14)15)8-6-7(10(12)19-8)17-3-2-16-6/h2-3H2,1H3,(H,14,15). The number of hydrogen-bond acceptors (Lipinski definition) is 6. The number of carbonyl (C=O) groups is 1. The quantitative estimate of drug-likeness (QED) is 0.920. The molecule has 3 rings (SSSR count). The minimum Gasteiger partial charge on any atom is -0.484 e. The van der Waals surface area contributed by atoms with Gasteiger partial charge in [-0.05, 0) is 6.92 Å². The van der Waals surface area contributed by atoms with E-state index >= 15 is 0 Å². The highest BCUT2D eigenvalue weighted by atomic mass is 35.5. The maximum atomic E-state index is 11.3. The van der Waals surface area contributed by atoms with Crippen molar-refractivity contribution in [1.29, 1.82) is 0 Å². The highest BCUT2D eigenvalue weighted by molar-refractivity contribution is 7.21. The number of thiazole rings is 1. The number of nitrogens with zero attached hydrogens (tertiary/aromatic N) is 1. The van der Waals surface area contributed by atoms with E-state index in [9.17, 15) is 9.90 Å². The topological polar surface area (TPSA) is 68.7 Å². The summed E-state index contributed by atoms with van der Waals surface area (Å²) in [6.07, 6.45) is 0. The SMILES string of the molecule is Cc1nc(-c2sc(Cl)c3c2OCCO3)c(C(=O)O)s1. The third-order valence-electron chi connectivity index (χ3n) is 2.50. The Morgan fingerprint density at radius 3 is 2.68 bits per heavy atom. The molecular formula is C11H8ClNO4S2. The largest absolute Gasteiger partial charge is 0.484 e. The van der Waals surface area contributed by atoms with Crippen molar-refractivity contribution in [2.75, 3.05) is 13.2 Å². The van der Waals surface area contributed by atoms with Gasteiger partial charge in [0.1, 0.15) is 33.0 Å². The van der Waals surface area contributed by atoms with E-state index in [0.29, 0.717) is 44.6 Å². The number of carboxylic acids is 1. The number of carboxylic acid groups (broad SMARTS) is 1. The van der Waals surface area contributed by atoms with Crippen LogP contribution in [0.1, 0.15) is 14.7 Å². The lowest BCUT2D eigenvalue weighted by molar-refractivity contribution is 0.0702. The smallest absolute Gasteiger partial charge is 0.348 e. The molecule has 5 nitrogen and oxygen atoms in total. The first-order valence-electron chi connectivity index (χ1n) is 5.37. The van der Waals surface area contributed by atoms with Gasteiger partial charge in [-0.25, -0.2) is 9.78 Å². The number of fused-ring (bicyclic) bond motifs is 1. The minimum atomic E-state index is -1.00. The van der Waals surface area contributed by atoms with Gasteiger partial charge in [0.25, 0.3) is 0 Å². The van der Waals surface area contributed by atoms with Gasteiger partial charge >= 0.3 is 5.97 Å². The Balaban J connectivity index is 2.20. The van der Waals surface area contributed by atoms with Crippen LogP contribution in [0.4, 0.5) is 0 Å². The molecule has 100 valence electrons. The van der Waals surface area contributed by atoms with Crippen molar-refractivity contribution < 1.29 is 19.4 Å². The van der Waals surface area contributed by atoms with Crippen molar-refractivity contribution in [3.63, 3.8) is 0 Å². The number of hydrogen-bond donors (Lipinski definition) is 1. The predicted octanol–water partition coefficient (Wildman–Crippen LogP) is 3.30. The second kappa shape index (κ2) is 4.66. The second-order valence-corrected chi connectivity index (χ2v) is 6.60. The summed E-state index contributed by atoms with van der Waals surface area (Å²) in [6, 6.07) is 0. The van der Waals surface area contributed by atoms with Gasteiger partial charge in [-0.15, -0.1) is 22.7 Å². The number of aromatic nitrogens is 1. The maximum Gasteiger partial charge on any atom is 0.348 e. The molecule has 0 fully saturated rings. The van der Waals surface area contributed by atoms with Gasteiger partial charge in [0.2, 0.25) is 0 Å². The average molecular weight is 318 g/mol. The van der Waals surface area contributed by atoms with E-state index in [-0.39, 0.29) is 4.88 Å². The molecule has 0 aliphatic carbocycles. The summed E-state index contributed by atoms with van der Waals surface area (Å²) in [4.78, 5) is 16.3. The lowest BCUT2D eigenvalue weighted by Crippen LogP contribution is -2.14. The van der Waals surface area contributed by atoms with Crippen LogP contribution in [-0.4, -0.2) is 29.3 Å². The Kier molecular flexibility index (Phi) is 3.12. The first kappa shape index (κ1) is 12.7. The second-order valence-electron chi connectivity index (χ2n) is 3.78. The van der Waals surface area contributed by atoms with E-state index in [4.69, 9.17) is 21.1 Å². The van der Waals surface area contributed by atoms with Crippen LogP contribution in [0.15, 0.2) is 0 Å². The molecule has 0 radical (unpaired) electrons. The fourth-order valence-corrected chi connectivity index (χ4v) is 3.91. The Morgan fingerprint density at radius 2 is 2.00 bits per heavy atom. The first-order valence-corrected chi connectivity index (χ1v) is 7.38. The molecule has 1 N–H and O–H groups in total. The van der Waals surface area contributed by atoms with Gasteiger partial charge in [-0.2, -0.15) is 0 Å². The molecule has 2 aromatic heterocycles. The summed E-state index contributed by atoms with van der Waals surface area (Å²) < 4.78 is 11.4. The van der Waals surface area contributed by atoms with Gasteiger partial charge < -0.3 is 14.6 Å². The molecule has 3 heterocycles. The summed E-state index contributed by atoms with van der Waals surface area (Å²) in [7, 11) is 0. The van der Waals surface area contributed by atoms with E-state index in [2.05, 4.69) is 4.98 Å². The monoisotopic (exact) mass is 317 g/mol. The van der Waals surface area contributed by atoms with Crippen molar-refractivity contribution in [3.8, 4) is 22.1 Å². The number of halogens is 1. The average Bonchev–Trinajstić information content (AvgIpc) is 2.91. The summed E-state index contributed by atoms with van der Waals surface area (Å²) in [5.41, 5.74) is 0.397. The number of aryl methyl sites for hydroxylation is 1. The Morgan fingerprint density at radius 1 is 1.32 bits per heavy atom. The number of aromatic carboxylic acids is 1. The molecule has 0 saturated carbocycles. The zero-order chi connectivity index (χ0) is 13.6. The summed E-state index contributed by atoms with van der Waals surface area (Å²) in [5.74, 6) is -0.0282. The van der Waals surface area contributed by atoms with Gasteiger partial charge in [0.05, 0.1) is 5.01 Å². The van der Waals surface area contributed by atoms with Gasteiger partial charge in [-0.3, -0.25) is 0 Å². The van der Waals surface area contributed by atoms with Crippen LogP contribution in [0.3, 0.4) is 0 Å². The zero-order valence-corrected chi connectivity index (χ0v) is 12.1. The zero-order valence-electron chi connectivity index (χ0n) is 9.73. The van der Waals surface area contributed by atoms with Crippen LogP contribution in [0.25, 0.3) is 10.6 Å². The van der Waals surface area contributed by atoms with Crippen molar-refractivity contribution in [3.05, 3.63) is 14.2 Å². The number of thiophene rings is 1. The molecule has 0 bridgehead atoms. The van der Waals surface area contributed by atoms with Crippen molar-refractivity contribution >= 4 is 40.2 Å². The number of ether oxygens (including phenoxy) is 2. The first-order chi connectivity index (χ1) is 9.08. The molecule has 0 unspecified atom stereocenters. The van der Waals surface area contributed by atoms with Gasteiger partial charge in [-0.1, -0.05) is 11.6 Å². The molecule has 19 heavy (non-hydrogen) atoms. The highest BCUT2D eigenvalue weighted by Gasteiger charge is 2.29. The highest BCUT2D eigenvalue weighted by Crippen LogP contribution is 2.52. The van der Waals surface area contributed by atoms with Crippen LogP contribution >= 0.6 is 34.3 Å². The fraction of sp³-hybridized carbons (Fsp3) is 0.273. The number of rotatable bonds is 2. The molecule has 0 amide bonds. The lowest BCUT2D eigenvalue weighted by Gasteiger charge is -2.15. The van der Waals surface area contributed by atoms with E-state index in [1.807, 2.05) is 0 Å². The maximum absolute atomic E-state index is 11.3. The Bertz CT molecular complexity index is 664. The van der Waals surface area contributed by atoms with Crippen molar-refractivity contribution in [1.82, 2.24) is 4.98 Å². The molecule has 1 aliphatic rings.